The largest absolute Gasteiger partial charge is 0.386 e. The van der Waals surface area contributed by atoms with Crippen molar-refractivity contribution in [3.8, 4) is 0 Å². The van der Waals surface area contributed by atoms with E-state index in [0.29, 0.717) is 5.82 Å². The molecule has 1 N–H and O–H groups in total. The van der Waals surface area contributed by atoms with Crippen LogP contribution in [-0.4, -0.2) is 14.7 Å². The zero-order valence-corrected chi connectivity index (χ0v) is 11.4. The van der Waals surface area contributed by atoms with E-state index in [1.807, 2.05) is 24.3 Å². The van der Waals surface area contributed by atoms with Gasteiger partial charge in [0.05, 0.1) is 23.1 Å². The summed E-state index contributed by atoms with van der Waals surface area (Å²) in [6.45, 7) is 1.84. The van der Waals surface area contributed by atoms with Crippen molar-refractivity contribution in [3.05, 3.63) is 65.5 Å². The fourth-order valence-corrected chi connectivity index (χ4v) is 2.52. The smallest absolute Gasteiger partial charge is 0.132 e. The van der Waals surface area contributed by atoms with Crippen molar-refractivity contribution in [1.29, 1.82) is 0 Å². The molecule has 0 aliphatic rings. The van der Waals surface area contributed by atoms with Crippen LogP contribution in [0.15, 0.2) is 42.5 Å². The van der Waals surface area contributed by atoms with Crippen LogP contribution in [0.4, 0.5) is 8.78 Å². The van der Waals surface area contributed by atoms with Crippen LogP contribution >= 0.6 is 0 Å². The van der Waals surface area contributed by atoms with Crippen molar-refractivity contribution in [2.75, 3.05) is 0 Å². The second-order valence-electron chi connectivity index (χ2n) is 4.91. The number of imidazole rings is 1. The van der Waals surface area contributed by atoms with Gasteiger partial charge in [-0.25, -0.2) is 13.8 Å². The van der Waals surface area contributed by atoms with Gasteiger partial charge in [0.1, 0.15) is 23.6 Å². The number of rotatable bonds is 3. The molecule has 0 saturated carbocycles. The number of nitrogens with zero attached hydrogens (tertiary/aromatic N) is 2. The van der Waals surface area contributed by atoms with Crippen molar-refractivity contribution in [3.63, 3.8) is 0 Å². The third-order valence-electron chi connectivity index (χ3n) is 3.53. The Balaban J connectivity index is 2.00. The molecule has 0 aliphatic carbocycles. The minimum Gasteiger partial charge on any atom is -0.386 e. The number of fused-ring (bicyclic) bond motifs is 1. The predicted molar refractivity (Wildman–Crippen MR) is 75.8 cm³/mol. The lowest BCUT2D eigenvalue weighted by Gasteiger charge is -2.15. The van der Waals surface area contributed by atoms with Gasteiger partial charge in [0.2, 0.25) is 0 Å². The van der Waals surface area contributed by atoms with E-state index in [1.54, 1.807) is 11.5 Å². The molecular formula is C16H14F2N2O. The molecule has 3 nitrogen and oxygen atoms in total. The van der Waals surface area contributed by atoms with Crippen LogP contribution in [0.1, 0.15) is 17.5 Å². The molecule has 0 fully saturated rings. The predicted octanol–water partition coefficient (Wildman–Crippen LogP) is 3.36. The molecule has 0 aliphatic heterocycles. The molecule has 3 rings (SSSR count). The summed E-state index contributed by atoms with van der Waals surface area (Å²) in [6.07, 6.45) is -1.28. The summed E-state index contributed by atoms with van der Waals surface area (Å²) in [4.78, 5) is 4.37. The lowest BCUT2D eigenvalue weighted by atomic mass is 10.1. The second kappa shape index (κ2) is 5.26. The molecule has 0 saturated heterocycles. The summed E-state index contributed by atoms with van der Waals surface area (Å²) in [5, 5.41) is 10.2. The van der Waals surface area contributed by atoms with E-state index in [0.717, 1.165) is 23.2 Å². The van der Waals surface area contributed by atoms with Gasteiger partial charge in [-0.3, -0.25) is 0 Å². The molecular weight excluding hydrogens is 274 g/mol. The molecule has 21 heavy (non-hydrogen) atoms. The highest BCUT2D eigenvalue weighted by molar-refractivity contribution is 5.75. The van der Waals surface area contributed by atoms with E-state index in [-0.39, 0.29) is 12.1 Å². The topological polar surface area (TPSA) is 38.0 Å². The summed E-state index contributed by atoms with van der Waals surface area (Å²) in [5.74, 6) is -0.804. The Kier molecular flexibility index (Phi) is 3.43. The number of aromatic nitrogens is 2. The maximum atomic E-state index is 13.7. The fourth-order valence-electron chi connectivity index (χ4n) is 2.52. The number of para-hydroxylation sites is 2. The number of hydrogen-bond donors (Lipinski definition) is 1. The van der Waals surface area contributed by atoms with E-state index >= 15 is 0 Å². The maximum absolute atomic E-state index is 13.7. The molecule has 1 aromatic heterocycles. The van der Waals surface area contributed by atoms with E-state index in [4.69, 9.17) is 0 Å². The van der Waals surface area contributed by atoms with Crippen molar-refractivity contribution in [2.45, 2.75) is 19.6 Å². The Morgan fingerprint density at radius 1 is 1.10 bits per heavy atom. The SMILES string of the molecule is Cc1nc2ccccc2n1C[C@H](O)c1c(F)cccc1F. The van der Waals surface area contributed by atoms with Gasteiger partial charge in [-0.15, -0.1) is 0 Å². The second-order valence-corrected chi connectivity index (χ2v) is 4.91. The van der Waals surface area contributed by atoms with Crippen molar-refractivity contribution in [1.82, 2.24) is 9.55 Å². The van der Waals surface area contributed by atoms with Crippen LogP contribution < -0.4 is 0 Å². The zero-order valence-electron chi connectivity index (χ0n) is 11.4. The highest BCUT2D eigenvalue weighted by atomic mass is 19.1. The van der Waals surface area contributed by atoms with Gasteiger partial charge in [-0.2, -0.15) is 0 Å². The van der Waals surface area contributed by atoms with Gasteiger partial charge < -0.3 is 9.67 Å². The lowest BCUT2D eigenvalue weighted by molar-refractivity contribution is 0.148. The Morgan fingerprint density at radius 3 is 2.48 bits per heavy atom. The summed E-state index contributed by atoms with van der Waals surface area (Å²) < 4.78 is 29.2. The van der Waals surface area contributed by atoms with Gasteiger partial charge in [-0.1, -0.05) is 18.2 Å². The Morgan fingerprint density at radius 2 is 1.76 bits per heavy atom. The molecule has 5 heteroatoms. The molecule has 0 radical (unpaired) electrons. The Hall–Kier alpha value is -2.27. The maximum Gasteiger partial charge on any atom is 0.132 e. The van der Waals surface area contributed by atoms with Gasteiger partial charge >= 0.3 is 0 Å². The van der Waals surface area contributed by atoms with Gasteiger partial charge in [0, 0.05) is 0 Å². The highest BCUT2D eigenvalue weighted by Gasteiger charge is 2.20. The first-order chi connectivity index (χ1) is 10.1. The summed E-state index contributed by atoms with van der Waals surface area (Å²) in [5.41, 5.74) is 1.30. The average molecular weight is 288 g/mol. The number of aryl methyl sites for hydroxylation is 1. The number of aliphatic hydroxyl groups excluding tert-OH is 1. The number of hydrogen-bond acceptors (Lipinski definition) is 2. The van der Waals surface area contributed by atoms with Gasteiger partial charge in [-0.05, 0) is 31.2 Å². The molecule has 0 spiro atoms. The minimum absolute atomic E-state index is 0.0458. The molecule has 3 aromatic rings. The van der Waals surface area contributed by atoms with Crippen LogP contribution in [-0.2, 0) is 6.54 Å². The molecule has 0 bridgehead atoms. The Labute approximate surface area is 120 Å². The van der Waals surface area contributed by atoms with E-state index < -0.39 is 17.7 Å². The quantitative estimate of drug-likeness (QED) is 0.802. The van der Waals surface area contributed by atoms with E-state index in [1.165, 1.54) is 6.07 Å². The summed E-state index contributed by atoms with van der Waals surface area (Å²) in [6, 6.07) is 11.0. The first kappa shape index (κ1) is 13.7. The van der Waals surface area contributed by atoms with Crippen LogP contribution in [0, 0.1) is 18.6 Å². The van der Waals surface area contributed by atoms with Crippen molar-refractivity contribution >= 4 is 11.0 Å². The molecule has 0 amide bonds. The normalized spacial score (nSPS) is 12.8. The highest BCUT2D eigenvalue weighted by Crippen LogP contribution is 2.24. The molecule has 2 aromatic carbocycles. The van der Waals surface area contributed by atoms with Crippen LogP contribution in [0.2, 0.25) is 0 Å². The first-order valence-electron chi connectivity index (χ1n) is 6.62. The molecule has 1 heterocycles. The number of aliphatic hydroxyl groups is 1. The Bertz CT molecular complexity index is 778. The molecule has 108 valence electrons. The third kappa shape index (κ3) is 2.40. The average Bonchev–Trinajstić information content (AvgIpc) is 2.75. The zero-order chi connectivity index (χ0) is 15.0. The van der Waals surface area contributed by atoms with Crippen LogP contribution in [0.25, 0.3) is 11.0 Å². The van der Waals surface area contributed by atoms with Gasteiger partial charge in [0.15, 0.2) is 0 Å². The monoisotopic (exact) mass is 288 g/mol. The van der Waals surface area contributed by atoms with Crippen LogP contribution in [0.3, 0.4) is 0 Å². The summed E-state index contributed by atoms with van der Waals surface area (Å²) >= 11 is 0. The van der Waals surface area contributed by atoms with Crippen molar-refractivity contribution in [2.24, 2.45) is 0 Å². The van der Waals surface area contributed by atoms with E-state index in [9.17, 15) is 13.9 Å². The minimum atomic E-state index is -1.28. The lowest BCUT2D eigenvalue weighted by Crippen LogP contribution is -2.13. The summed E-state index contributed by atoms with van der Waals surface area (Å²) in [7, 11) is 0. The fraction of sp³-hybridized carbons (Fsp3) is 0.188. The van der Waals surface area contributed by atoms with E-state index in [2.05, 4.69) is 4.98 Å². The van der Waals surface area contributed by atoms with Crippen LogP contribution in [0.5, 0.6) is 0 Å². The van der Waals surface area contributed by atoms with Crippen molar-refractivity contribution < 1.29 is 13.9 Å². The third-order valence-corrected chi connectivity index (χ3v) is 3.53. The van der Waals surface area contributed by atoms with Gasteiger partial charge in [0.25, 0.3) is 0 Å². The molecule has 1 atom stereocenters. The first-order valence-corrected chi connectivity index (χ1v) is 6.62. The number of benzene rings is 2. The number of halogens is 2. The molecule has 0 unspecified atom stereocenters. The standard InChI is InChI=1S/C16H14F2N2O/c1-10-19-13-7-2-3-8-14(13)20(10)9-15(21)16-11(17)5-4-6-12(16)18/h2-8,15,21H,9H2,1H3/t15-/m0/s1.